The van der Waals surface area contributed by atoms with E-state index in [0.717, 1.165) is 25.7 Å². The highest BCUT2D eigenvalue weighted by atomic mass is 19.1. The van der Waals surface area contributed by atoms with Crippen LogP contribution in [-0.2, 0) is 4.74 Å². The van der Waals surface area contributed by atoms with Crippen LogP contribution in [0.25, 0.3) is 11.0 Å². The van der Waals surface area contributed by atoms with Crippen LogP contribution in [0.4, 0.5) is 4.39 Å². The van der Waals surface area contributed by atoms with Crippen molar-refractivity contribution in [2.24, 2.45) is 0 Å². The summed E-state index contributed by atoms with van der Waals surface area (Å²) in [6.45, 7) is 4.20. The molecular formula is C27H29FN2O7. The molecule has 2 aromatic carbocycles. The fourth-order valence-electron chi connectivity index (χ4n) is 5.12. The summed E-state index contributed by atoms with van der Waals surface area (Å²) in [7, 11) is 4.50. The molecule has 10 heteroatoms. The second-order valence-electron chi connectivity index (χ2n) is 8.98. The molecule has 9 nitrogen and oxygen atoms in total. The molecule has 0 radical (unpaired) electrons. The van der Waals surface area contributed by atoms with Gasteiger partial charge in [0, 0.05) is 26.2 Å². The number of hydrogen-bond acceptors (Lipinski definition) is 8. The van der Waals surface area contributed by atoms with Gasteiger partial charge < -0.3 is 28.3 Å². The minimum atomic E-state index is -0.773. The number of nitrogens with zero attached hydrogens (tertiary/aromatic N) is 2. The van der Waals surface area contributed by atoms with Crippen LogP contribution in [0.5, 0.6) is 17.2 Å². The summed E-state index contributed by atoms with van der Waals surface area (Å²) >= 11 is 0. The van der Waals surface area contributed by atoms with Gasteiger partial charge in [-0.3, -0.25) is 14.5 Å². The summed E-state index contributed by atoms with van der Waals surface area (Å²) in [5.41, 5.74) is 0.482. The maximum Gasteiger partial charge on any atom is 0.290 e. The van der Waals surface area contributed by atoms with Crippen LogP contribution in [0.3, 0.4) is 0 Å². The molecule has 2 aliphatic heterocycles. The number of morpholine rings is 1. The third-order valence-corrected chi connectivity index (χ3v) is 6.91. The molecule has 3 aromatic rings. The summed E-state index contributed by atoms with van der Waals surface area (Å²) in [4.78, 5) is 31.3. The number of rotatable bonds is 8. The van der Waals surface area contributed by atoms with Gasteiger partial charge in [-0.25, -0.2) is 4.39 Å². The summed E-state index contributed by atoms with van der Waals surface area (Å²) in [6, 6.07) is 6.38. The van der Waals surface area contributed by atoms with Crippen molar-refractivity contribution in [1.29, 1.82) is 0 Å². The van der Waals surface area contributed by atoms with Gasteiger partial charge in [0.05, 0.1) is 51.5 Å². The van der Waals surface area contributed by atoms with Crippen LogP contribution in [-0.4, -0.2) is 76.4 Å². The van der Waals surface area contributed by atoms with Crippen LogP contribution in [0, 0.1) is 5.82 Å². The van der Waals surface area contributed by atoms with Gasteiger partial charge in [-0.1, -0.05) is 0 Å². The van der Waals surface area contributed by atoms with Crippen molar-refractivity contribution in [3.05, 3.63) is 63.3 Å². The van der Waals surface area contributed by atoms with Gasteiger partial charge in [0.25, 0.3) is 5.91 Å². The minimum absolute atomic E-state index is 0.0331. The third kappa shape index (κ3) is 4.51. The Bertz CT molecular complexity index is 1360. The Morgan fingerprint density at radius 2 is 1.68 bits per heavy atom. The van der Waals surface area contributed by atoms with Crippen LogP contribution in [0.1, 0.15) is 34.1 Å². The van der Waals surface area contributed by atoms with E-state index in [1.165, 1.54) is 33.5 Å². The Morgan fingerprint density at radius 1 is 0.973 bits per heavy atom. The average Bonchev–Trinajstić information content (AvgIpc) is 3.20. The molecule has 0 saturated carbocycles. The first-order chi connectivity index (χ1) is 18.0. The SMILES string of the molecule is COc1cc(C2c3c(oc4ccc(F)cc4c3=O)C(=O)N2CCCN2CCOCC2)cc(OC)c1OC. The van der Waals surface area contributed by atoms with Crippen molar-refractivity contribution in [3.63, 3.8) is 0 Å². The van der Waals surface area contributed by atoms with Crippen molar-refractivity contribution in [2.45, 2.75) is 12.5 Å². The zero-order valence-electron chi connectivity index (χ0n) is 21.0. The Labute approximate surface area is 213 Å². The Kier molecular flexibility index (Phi) is 7.03. The number of ether oxygens (including phenoxy) is 4. The quantitative estimate of drug-likeness (QED) is 0.455. The standard InChI is InChI=1S/C27H29FN2O7/c1-33-20-13-16(14-21(34-2)25(20)35-3)23-22-24(31)18-15-17(28)5-6-19(18)37-26(22)27(32)30(23)8-4-7-29-9-11-36-12-10-29/h5-6,13-15,23H,4,7-12H2,1-3H3. The second kappa shape index (κ2) is 10.4. The first-order valence-electron chi connectivity index (χ1n) is 12.1. The zero-order chi connectivity index (χ0) is 26.1. The molecule has 37 heavy (non-hydrogen) atoms. The van der Waals surface area contributed by atoms with Crippen molar-refractivity contribution in [1.82, 2.24) is 9.80 Å². The molecule has 1 unspecified atom stereocenters. The van der Waals surface area contributed by atoms with E-state index in [-0.39, 0.29) is 28.2 Å². The molecule has 1 amide bonds. The predicted octanol–water partition coefficient (Wildman–Crippen LogP) is 3.23. The highest BCUT2D eigenvalue weighted by molar-refractivity contribution is 5.99. The normalized spacial score (nSPS) is 17.8. The largest absolute Gasteiger partial charge is 0.493 e. The topological polar surface area (TPSA) is 90.7 Å². The van der Waals surface area contributed by atoms with Gasteiger partial charge in [-0.05, 0) is 42.3 Å². The number of amides is 1. The highest BCUT2D eigenvalue weighted by Crippen LogP contribution is 2.45. The first-order valence-corrected chi connectivity index (χ1v) is 12.1. The van der Waals surface area contributed by atoms with Crippen molar-refractivity contribution in [2.75, 3.05) is 60.7 Å². The second-order valence-corrected chi connectivity index (χ2v) is 8.98. The van der Waals surface area contributed by atoms with E-state index in [4.69, 9.17) is 23.4 Å². The van der Waals surface area contributed by atoms with E-state index in [1.54, 1.807) is 17.0 Å². The molecule has 1 aromatic heterocycles. The summed E-state index contributed by atoms with van der Waals surface area (Å²) in [5, 5.41) is 0.0826. The smallest absolute Gasteiger partial charge is 0.290 e. The molecule has 1 fully saturated rings. The highest BCUT2D eigenvalue weighted by Gasteiger charge is 2.43. The van der Waals surface area contributed by atoms with Crippen molar-refractivity contribution in [3.8, 4) is 17.2 Å². The number of methoxy groups -OCH3 is 3. The lowest BCUT2D eigenvalue weighted by molar-refractivity contribution is 0.0353. The Hall–Kier alpha value is -3.63. The summed E-state index contributed by atoms with van der Waals surface area (Å²) in [5.74, 6) is 0.193. The zero-order valence-corrected chi connectivity index (χ0v) is 21.0. The van der Waals surface area contributed by atoms with E-state index < -0.39 is 17.3 Å². The minimum Gasteiger partial charge on any atom is -0.493 e. The molecule has 0 aliphatic carbocycles. The molecule has 1 saturated heterocycles. The van der Waals surface area contributed by atoms with E-state index in [1.807, 2.05) is 0 Å². The fourth-order valence-corrected chi connectivity index (χ4v) is 5.12. The number of carbonyl (C=O) groups excluding carboxylic acids is 1. The molecular weight excluding hydrogens is 483 g/mol. The molecule has 0 N–H and O–H groups in total. The fraction of sp³-hybridized carbons (Fsp3) is 0.407. The number of carbonyl (C=O) groups is 1. The van der Waals surface area contributed by atoms with Gasteiger partial charge in [0.1, 0.15) is 11.4 Å². The van der Waals surface area contributed by atoms with E-state index in [2.05, 4.69) is 4.90 Å². The molecule has 5 rings (SSSR count). The van der Waals surface area contributed by atoms with Crippen LogP contribution in [0.15, 0.2) is 39.5 Å². The van der Waals surface area contributed by atoms with Crippen LogP contribution >= 0.6 is 0 Å². The van der Waals surface area contributed by atoms with Crippen LogP contribution in [0.2, 0.25) is 0 Å². The van der Waals surface area contributed by atoms with Crippen molar-refractivity contribution < 1.29 is 32.5 Å². The van der Waals surface area contributed by atoms with Gasteiger partial charge in [-0.15, -0.1) is 0 Å². The number of halogens is 1. The van der Waals surface area contributed by atoms with Crippen molar-refractivity contribution >= 4 is 16.9 Å². The monoisotopic (exact) mass is 512 g/mol. The van der Waals surface area contributed by atoms with Crippen LogP contribution < -0.4 is 19.6 Å². The molecule has 0 bridgehead atoms. The summed E-state index contributed by atoms with van der Waals surface area (Å²) in [6.07, 6.45) is 0.684. The average molecular weight is 513 g/mol. The number of fused-ring (bicyclic) bond motifs is 2. The van der Waals surface area contributed by atoms with E-state index in [9.17, 15) is 14.0 Å². The maximum absolute atomic E-state index is 14.0. The van der Waals surface area contributed by atoms with E-state index in [0.29, 0.717) is 49.0 Å². The predicted molar refractivity (Wildman–Crippen MR) is 133 cm³/mol. The molecule has 0 spiro atoms. The lowest BCUT2D eigenvalue weighted by atomic mass is 9.97. The third-order valence-electron chi connectivity index (χ3n) is 6.91. The molecule has 1 atom stereocenters. The maximum atomic E-state index is 14.0. The van der Waals surface area contributed by atoms with Gasteiger partial charge >= 0.3 is 0 Å². The Morgan fingerprint density at radius 3 is 2.32 bits per heavy atom. The van der Waals surface area contributed by atoms with Gasteiger partial charge in [0.2, 0.25) is 11.5 Å². The van der Waals surface area contributed by atoms with Gasteiger partial charge in [-0.2, -0.15) is 0 Å². The first kappa shape index (κ1) is 25.0. The lowest BCUT2D eigenvalue weighted by Crippen LogP contribution is -2.38. The number of benzene rings is 2. The summed E-state index contributed by atoms with van der Waals surface area (Å²) < 4.78 is 41.9. The lowest BCUT2D eigenvalue weighted by Gasteiger charge is -2.29. The molecule has 3 heterocycles. The molecule has 2 aliphatic rings. The Balaban J connectivity index is 1.61. The van der Waals surface area contributed by atoms with E-state index >= 15 is 0 Å². The number of hydrogen-bond donors (Lipinski definition) is 0. The molecule has 196 valence electrons. The van der Waals surface area contributed by atoms with Gasteiger partial charge in [0.15, 0.2) is 16.9 Å².